The molecule has 0 heterocycles. The molecule has 0 aliphatic heterocycles. The van der Waals surface area contributed by atoms with E-state index in [-0.39, 0.29) is 22.4 Å². The molecule has 2 aromatic carbocycles. The van der Waals surface area contributed by atoms with Gasteiger partial charge in [0, 0.05) is 24.4 Å². The fraction of sp³-hybridized carbons (Fsp3) is 0.316. The fourth-order valence-electron chi connectivity index (χ4n) is 2.46. The van der Waals surface area contributed by atoms with Crippen molar-refractivity contribution in [3.63, 3.8) is 0 Å². The minimum absolute atomic E-state index is 0.0742. The number of sulfonamides is 1. The molecule has 0 fully saturated rings. The molecule has 0 unspecified atom stereocenters. The molecule has 26 heavy (non-hydrogen) atoms. The summed E-state index contributed by atoms with van der Waals surface area (Å²) < 4.78 is 33.0. The van der Waals surface area contributed by atoms with Crippen LogP contribution in [0.5, 0.6) is 0 Å². The van der Waals surface area contributed by atoms with Gasteiger partial charge in [0.05, 0.1) is 11.5 Å². The van der Waals surface area contributed by atoms with Crippen LogP contribution in [0, 0.1) is 13.8 Å². The quantitative estimate of drug-likeness (QED) is 0.778. The lowest BCUT2D eigenvalue weighted by Crippen LogP contribution is -2.35. The van der Waals surface area contributed by atoms with Gasteiger partial charge in [0.2, 0.25) is 0 Å². The molecular formula is C19H24N2O4S. The summed E-state index contributed by atoms with van der Waals surface area (Å²) in [6, 6.07) is 11.5. The highest BCUT2D eigenvalue weighted by Gasteiger charge is 2.20. The summed E-state index contributed by atoms with van der Waals surface area (Å²) in [7, 11) is -2.25. The highest BCUT2D eigenvalue weighted by atomic mass is 32.2. The number of carbonyl (C=O) groups is 1. The molecule has 0 aliphatic rings. The summed E-state index contributed by atoms with van der Waals surface area (Å²) in [6.07, 6.45) is 0. The Hall–Kier alpha value is -2.38. The van der Waals surface area contributed by atoms with Crippen molar-refractivity contribution in [2.75, 3.05) is 18.4 Å². The van der Waals surface area contributed by atoms with Crippen molar-refractivity contribution in [2.45, 2.75) is 31.7 Å². The van der Waals surface area contributed by atoms with Gasteiger partial charge in [0.25, 0.3) is 15.9 Å². The molecule has 2 N–H and O–H groups in total. The van der Waals surface area contributed by atoms with Crippen LogP contribution >= 0.6 is 0 Å². The second-order valence-electron chi connectivity index (χ2n) is 6.28. The second kappa shape index (κ2) is 8.33. The molecule has 0 aliphatic carbocycles. The Morgan fingerprint density at radius 1 is 1.12 bits per heavy atom. The number of methoxy groups -OCH3 is 1. The molecule has 0 bridgehead atoms. The van der Waals surface area contributed by atoms with E-state index in [1.165, 1.54) is 6.07 Å². The largest absolute Gasteiger partial charge is 0.383 e. The van der Waals surface area contributed by atoms with Gasteiger partial charge in [-0.05, 0) is 50.6 Å². The zero-order valence-electron chi connectivity index (χ0n) is 15.4. The van der Waals surface area contributed by atoms with Crippen LogP contribution in [0.15, 0.2) is 47.4 Å². The van der Waals surface area contributed by atoms with Gasteiger partial charge in [-0.1, -0.05) is 23.8 Å². The molecule has 1 amide bonds. The normalized spacial score (nSPS) is 12.5. The van der Waals surface area contributed by atoms with Crippen LogP contribution in [0.1, 0.15) is 28.4 Å². The molecule has 0 radical (unpaired) electrons. The van der Waals surface area contributed by atoms with Gasteiger partial charge in [-0.2, -0.15) is 0 Å². The molecule has 6 nitrogen and oxygen atoms in total. The Bertz CT molecular complexity index is 877. The third-order valence-corrected chi connectivity index (χ3v) is 5.36. The molecule has 1 atom stereocenters. The monoisotopic (exact) mass is 376 g/mol. The van der Waals surface area contributed by atoms with Gasteiger partial charge in [0.1, 0.15) is 0 Å². The first-order valence-electron chi connectivity index (χ1n) is 8.23. The van der Waals surface area contributed by atoms with Crippen molar-refractivity contribution in [1.29, 1.82) is 0 Å². The van der Waals surface area contributed by atoms with E-state index in [0.717, 1.165) is 5.56 Å². The van der Waals surface area contributed by atoms with Crippen molar-refractivity contribution < 1.29 is 17.9 Å². The van der Waals surface area contributed by atoms with Gasteiger partial charge >= 0.3 is 0 Å². The third-order valence-electron chi connectivity index (χ3n) is 3.84. The predicted molar refractivity (Wildman–Crippen MR) is 102 cm³/mol. The first-order chi connectivity index (χ1) is 12.2. The zero-order chi connectivity index (χ0) is 19.3. The third kappa shape index (κ3) is 5.06. The van der Waals surface area contributed by atoms with Gasteiger partial charge in [-0.25, -0.2) is 8.42 Å². The maximum absolute atomic E-state index is 12.7. The summed E-state index contributed by atoms with van der Waals surface area (Å²) in [4.78, 5) is 12.4. The average Bonchev–Trinajstić information content (AvgIpc) is 2.57. The predicted octanol–water partition coefficient (Wildman–Crippen LogP) is 2.87. The number of hydrogen-bond donors (Lipinski definition) is 2. The van der Waals surface area contributed by atoms with Crippen molar-refractivity contribution in [3.8, 4) is 0 Å². The summed E-state index contributed by atoms with van der Waals surface area (Å²) in [5.41, 5.74) is 2.35. The number of rotatable bonds is 7. The molecule has 140 valence electrons. The number of amides is 1. The average molecular weight is 376 g/mol. The van der Waals surface area contributed by atoms with Gasteiger partial charge in [-0.15, -0.1) is 0 Å². The van der Waals surface area contributed by atoms with Crippen molar-refractivity contribution in [2.24, 2.45) is 0 Å². The molecular weight excluding hydrogens is 352 g/mol. The highest BCUT2D eigenvalue weighted by molar-refractivity contribution is 7.92. The first-order valence-corrected chi connectivity index (χ1v) is 9.71. The number of aryl methyl sites for hydroxylation is 2. The van der Waals surface area contributed by atoms with Crippen LogP contribution in [0.3, 0.4) is 0 Å². The van der Waals surface area contributed by atoms with E-state index in [4.69, 9.17) is 4.74 Å². The lowest BCUT2D eigenvalue weighted by Gasteiger charge is -2.15. The van der Waals surface area contributed by atoms with Crippen LogP contribution in [0.4, 0.5) is 5.69 Å². The molecule has 0 saturated heterocycles. The maximum atomic E-state index is 12.7. The summed E-state index contributed by atoms with van der Waals surface area (Å²) in [6.45, 7) is 5.80. The van der Waals surface area contributed by atoms with E-state index < -0.39 is 10.0 Å². The van der Waals surface area contributed by atoms with E-state index in [2.05, 4.69) is 10.0 Å². The first kappa shape index (κ1) is 19.9. The van der Waals surface area contributed by atoms with Crippen molar-refractivity contribution in [3.05, 3.63) is 59.2 Å². The summed E-state index contributed by atoms with van der Waals surface area (Å²) in [5, 5.41) is 2.77. The molecule has 0 saturated carbocycles. The number of benzene rings is 2. The Morgan fingerprint density at radius 3 is 2.38 bits per heavy atom. The van der Waals surface area contributed by atoms with E-state index in [0.29, 0.717) is 17.9 Å². The zero-order valence-corrected chi connectivity index (χ0v) is 16.2. The van der Waals surface area contributed by atoms with Gasteiger partial charge < -0.3 is 10.1 Å². The minimum Gasteiger partial charge on any atom is -0.383 e. The molecule has 0 aromatic heterocycles. The molecule has 7 heteroatoms. The second-order valence-corrected chi connectivity index (χ2v) is 7.93. The van der Waals surface area contributed by atoms with Crippen LogP contribution < -0.4 is 10.0 Å². The topological polar surface area (TPSA) is 84.5 Å². The Balaban J connectivity index is 2.27. The Morgan fingerprint density at radius 2 is 1.77 bits per heavy atom. The van der Waals surface area contributed by atoms with Crippen LogP contribution in [0.2, 0.25) is 0 Å². The van der Waals surface area contributed by atoms with Crippen LogP contribution in [0.25, 0.3) is 0 Å². The molecule has 2 aromatic rings. The summed E-state index contributed by atoms with van der Waals surface area (Å²) >= 11 is 0. The van der Waals surface area contributed by atoms with Crippen LogP contribution in [-0.2, 0) is 14.8 Å². The van der Waals surface area contributed by atoms with Crippen molar-refractivity contribution in [1.82, 2.24) is 5.32 Å². The van der Waals surface area contributed by atoms with E-state index in [9.17, 15) is 13.2 Å². The fourth-order valence-corrected chi connectivity index (χ4v) is 3.79. The Labute approximate surface area is 154 Å². The lowest BCUT2D eigenvalue weighted by molar-refractivity contribution is 0.0905. The molecule has 2 rings (SSSR count). The lowest BCUT2D eigenvalue weighted by atomic mass is 10.1. The Kier molecular flexibility index (Phi) is 6.39. The van der Waals surface area contributed by atoms with E-state index >= 15 is 0 Å². The van der Waals surface area contributed by atoms with E-state index in [1.807, 2.05) is 26.0 Å². The smallest absolute Gasteiger partial charge is 0.262 e. The number of anilines is 1. The molecule has 0 spiro atoms. The summed E-state index contributed by atoms with van der Waals surface area (Å²) in [5.74, 6) is -0.346. The standard InChI is InChI=1S/C19H24N2O4S/c1-13-5-9-17(10-6-13)21-26(23,24)18-11-16(8-7-14(18)2)19(22)20-15(3)12-25-4/h5-11,15,21H,12H2,1-4H3,(H,20,22)/t15-/m0/s1. The SMILES string of the molecule is COC[C@H](C)NC(=O)c1ccc(C)c(S(=O)(=O)Nc2ccc(C)cc2)c1. The number of ether oxygens (including phenoxy) is 1. The van der Waals surface area contributed by atoms with E-state index in [1.54, 1.807) is 38.3 Å². The number of carbonyl (C=O) groups excluding carboxylic acids is 1. The minimum atomic E-state index is -3.81. The maximum Gasteiger partial charge on any atom is 0.262 e. The van der Waals surface area contributed by atoms with Gasteiger partial charge in [-0.3, -0.25) is 9.52 Å². The number of nitrogens with one attached hydrogen (secondary N) is 2. The van der Waals surface area contributed by atoms with Crippen molar-refractivity contribution >= 4 is 21.6 Å². The van der Waals surface area contributed by atoms with Gasteiger partial charge in [0.15, 0.2) is 0 Å². The number of hydrogen-bond acceptors (Lipinski definition) is 4. The highest BCUT2D eigenvalue weighted by Crippen LogP contribution is 2.21. The van der Waals surface area contributed by atoms with Crippen LogP contribution in [-0.4, -0.2) is 34.1 Å².